The van der Waals surface area contributed by atoms with Crippen LogP contribution < -0.4 is 5.32 Å². The summed E-state index contributed by atoms with van der Waals surface area (Å²) in [6, 6.07) is 0.324. The predicted molar refractivity (Wildman–Crippen MR) is 77.9 cm³/mol. The number of hydrogen-bond acceptors (Lipinski definition) is 3. The highest BCUT2D eigenvalue weighted by Crippen LogP contribution is 2.21. The molecule has 3 atom stereocenters. The molecule has 0 aromatic carbocycles. The second kappa shape index (κ2) is 7.85. The first-order chi connectivity index (χ1) is 8.93. The molecule has 4 nitrogen and oxygen atoms in total. The Kier molecular flexibility index (Phi) is 6.80. The van der Waals surface area contributed by atoms with E-state index in [0.717, 1.165) is 25.9 Å². The highest BCUT2D eigenvalue weighted by molar-refractivity contribution is 5.76. The van der Waals surface area contributed by atoms with Gasteiger partial charge in [-0.25, -0.2) is 0 Å². The van der Waals surface area contributed by atoms with Gasteiger partial charge in [-0.2, -0.15) is 0 Å². The Morgan fingerprint density at radius 2 is 2.05 bits per heavy atom. The maximum absolute atomic E-state index is 12.2. The van der Waals surface area contributed by atoms with Gasteiger partial charge in [0, 0.05) is 31.5 Å². The van der Waals surface area contributed by atoms with Gasteiger partial charge < -0.3 is 15.3 Å². The lowest BCUT2D eigenvalue weighted by molar-refractivity contribution is -0.135. The van der Waals surface area contributed by atoms with Gasteiger partial charge in [0.25, 0.3) is 0 Å². The Morgan fingerprint density at radius 3 is 2.58 bits per heavy atom. The zero-order valence-electron chi connectivity index (χ0n) is 12.9. The zero-order chi connectivity index (χ0) is 14.4. The van der Waals surface area contributed by atoms with E-state index in [4.69, 9.17) is 0 Å². The van der Waals surface area contributed by atoms with Crippen molar-refractivity contribution in [3.8, 4) is 0 Å². The topological polar surface area (TPSA) is 52.6 Å². The minimum atomic E-state index is -0.347. The number of carbonyl (C=O) groups is 1. The number of likely N-dealkylation sites (tertiary alicyclic amines) is 1. The van der Waals surface area contributed by atoms with Crippen molar-refractivity contribution in [1.82, 2.24) is 10.2 Å². The second-order valence-electron chi connectivity index (χ2n) is 6.28. The van der Waals surface area contributed by atoms with E-state index in [1.54, 1.807) is 0 Å². The Labute approximate surface area is 117 Å². The molecule has 1 fully saturated rings. The normalized spacial score (nSPS) is 25.7. The minimum Gasteiger partial charge on any atom is -0.393 e. The summed E-state index contributed by atoms with van der Waals surface area (Å²) in [4.78, 5) is 14.2. The number of aliphatic hydroxyl groups excluding tert-OH is 1. The first-order valence-electron chi connectivity index (χ1n) is 7.63. The molecule has 1 amide bonds. The number of rotatable bonds is 6. The highest BCUT2D eigenvalue weighted by Gasteiger charge is 2.31. The first-order valence-corrected chi connectivity index (χ1v) is 7.63. The lowest BCUT2D eigenvalue weighted by atomic mass is 9.89. The third kappa shape index (κ3) is 5.49. The molecule has 3 unspecified atom stereocenters. The fraction of sp³-hybridized carbons (Fsp3) is 0.933. The molecule has 4 heteroatoms. The summed E-state index contributed by atoms with van der Waals surface area (Å²) in [6.07, 6.45) is 2.31. The predicted octanol–water partition coefficient (Wildman–Crippen LogP) is 1.63. The summed E-state index contributed by atoms with van der Waals surface area (Å²) >= 11 is 0. The summed E-state index contributed by atoms with van der Waals surface area (Å²) in [5.41, 5.74) is 0. The summed E-state index contributed by atoms with van der Waals surface area (Å²) < 4.78 is 0. The maximum Gasteiger partial charge on any atom is 0.222 e. The van der Waals surface area contributed by atoms with Crippen LogP contribution >= 0.6 is 0 Å². The molecule has 0 saturated carbocycles. The molecule has 0 aromatic rings. The molecular formula is C15H30N2O2. The van der Waals surface area contributed by atoms with Crippen LogP contribution in [0, 0.1) is 11.8 Å². The first kappa shape index (κ1) is 16.4. The van der Waals surface area contributed by atoms with Gasteiger partial charge in [0.1, 0.15) is 0 Å². The molecule has 2 N–H and O–H groups in total. The molecule has 1 heterocycles. The number of piperidine rings is 1. The van der Waals surface area contributed by atoms with E-state index in [1.807, 2.05) is 11.8 Å². The van der Waals surface area contributed by atoms with Crippen LogP contribution in [0.3, 0.4) is 0 Å². The van der Waals surface area contributed by atoms with Gasteiger partial charge in [0.05, 0.1) is 6.10 Å². The molecule has 0 aliphatic carbocycles. The van der Waals surface area contributed by atoms with Crippen molar-refractivity contribution in [3.63, 3.8) is 0 Å². The lowest BCUT2D eigenvalue weighted by Crippen LogP contribution is -2.53. The average Bonchev–Trinajstić information content (AvgIpc) is 2.35. The average molecular weight is 270 g/mol. The van der Waals surface area contributed by atoms with Crippen LogP contribution in [0.2, 0.25) is 0 Å². The number of nitrogens with one attached hydrogen (secondary N) is 1. The molecule has 1 aliphatic heterocycles. The maximum atomic E-state index is 12.2. The third-order valence-electron chi connectivity index (χ3n) is 3.78. The third-order valence-corrected chi connectivity index (χ3v) is 3.78. The molecule has 0 radical (unpaired) electrons. The Morgan fingerprint density at radius 1 is 1.37 bits per heavy atom. The minimum absolute atomic E-state index is 0.194. The summed E-state index contributed by atoms with van der Waals surface area (Å²) in [7, 11) is 0. The second-order valence-corrected chi connectivity index (χ2v) is 6.28. The summed E-state index contributed by atoms with van der Waals surface area (Å²) in [6.45, 7) is 10.6. The molecule has 0 bridgehead atoms. The van der Waals surface area contributed by atoms with Crippen LogP contribution in [-0.2, 0) is 4.79 Å². The van der Waals surface area contributed by atoms with Gasteiger partial charge in [-0.3, -0.25) is 4.79 Å². The van der Waals surface area contributed by atoms with Crippen LogP contribution in [0.25, 0.3) is 0 Å². The molecular weight excluding hydrogens is 240 g/mol. The van der Waals surface area contributed by atoms with E-state index in [0.29, 0.717) is 24.9 Å². The molecule has 1 saturated heterocycles. The van der Waals surface area contributed by atoms with Gasteiger partial charge in [-0.15, -0.1) is 0 Å². The number of amides is 1. The monoisotopic (exact) mass is 270 g/mol. The van der Waals surface area contributed by atoms with Crippen LogP contribution in [-0.4, -0.2) is 47.7 Å². The smallest absolute Gasteiger partial charge is 0.222 e. The summed E-state index contributed by atoms with van der Waals surface area (Å²) in [5, 5.41) is 13.3. The van der Waals surface area contributed by atoms with Gasteiger partial charge in [-0.1, -0.05) is 20.8 Å². The standard InChI is InChI=1S/C15H30N2O2/c1-5-6-16-14-8-13(12(4)18)9-17(10-14)15(19)7-11(2)3/h11-14,16,18H,5-10H2,1-4H3. The molecule has 0 spiro atoms. The van der Waals surface area contributed by atoms with Crippen molar-refractivity contribution >= 4 is 5.91 Å². The van der Waals surface area contributed by atoms with E-state index in [9.17, 15) is 9.90 Å². The van der Waals surface area contributed by atoms with Crippen LogP contribution in [0.5, 0.6) is 0 Å². The van der Waals surface area contributed by atoms with Crippen molar-refractivity contribution in [3.05, 3.63) is 0 Å². The SMILES string of the molecule is CCCNC1CC(C(C)O)CN(C(=O)CC(C)C)C1. The highest BCUT2D eigenvalue weighted by atomic mass is 16.3. The zero-order valence-corrected chi connectivity index (χ0v) is 12.9. The molecule has 19 heavy (non-hydrogen) atoms. The van der Waals surface area contributed by atoms with Crippen molar-refractivity contribution in [1.29, 1.82) is 0 Å². The quantitative estimate of drug-likeness (QED) is 0.771. The van der Waals surface area contributed by atoms with E-state index in [1.165, 1.54) is 0 Å². The van der Waals surface area contributed by atoms with E-state index in [2.05, 4.69) is 26.1 Å². The van der Waals surface area contributed by atoms with Crippen LogP contribution in [0.4, 0.5) is 0 Å². The number of nitrogens with zero attached hydrogens (tertiary/aromatic N) is 1. The Bertz CT molecular complexity index is 279. The Hall–Kier alpha value is -0.610. The molecule has 0 aromatic heterocycles. The molecule has 1 rings (SSSR count). The lowest BCUT2D eigenvalue weighted by Gasteiger charge is -2.39. The largest absolute Gasteiger partial charge is 0.393 e. The van der Waals surface area contributed by atoms with Gasteiger partial charge >= 0.3 is 0 Å². The number of aliphatic hydroxyl groups is 1. The Balaban J connectivity index is 2.61. The van der Waals surface area contributed by atoms with Gasteiger partial charge in [0.15, 0.2) is 0 Å². The van der Waals surface area contributed by atoms with Gasteiger partial charge in [0.2, 0.25) is 5.91 Å². The molecule has 112 valence electrons. The van der Waals surface area contributed by atoms with Crippen LogP contribution in [0.1, 0.15) is 47.0 Å². The van der Waals surface area contributed by atoms with Crippen molar-refractivity contribution in [2.24, 2.45) is 11.8 Å². The van der Waals surface area contributed by atoms with Gasteiger partial charge in [-0.05, 0) is 32.2 Å². The van der Waals surface area contributed by atoms with Crippen molar-refractivity contribution in [2.75, 3.05) is 19.6 Å². The van der Waals surface area contributed by atoms with Crippen LogP contribution in [0.15, 0.2) is 0 Å². The number of hydrogen-bond donors (Lipinski definition) is 2. The van der Waals surface area contributed by atoms with Crippen molar-refractivity contribution < 1.29 is 9.90 Å². The summed E-state index contributed by atoms with van der Waals surface area (Å²) in [5.74, 6) is 0.810. The fourth-order valence-corrected chi connectivity index (χ4v) is 2.67. The fourth-order valence-electron chi connectivity index (χ4n) is 2.67. The van der Waals surface area contributed by atoms with E-state index >= 15 is 0 Å². The van der Waals surface area contributed by atoms with E-state index < -0.39 is 0 Å². The van der Waals surface area contributed by atoms with E-state index in [-0.39, 0.29) is 17.9 Å². The van der Waals surface area contributed by atoms with Crippen molar-refractivity contribution in [2.45, 2.75) is 59.1 Å². The molecule has 1 aliphatic rings. The number of carbonyl (C=O) groups excluding carboxylic acids is 1.